The lowest BCUT2D eigenvalue weighted by molar-refractivity contribution is -0.636. The summed E-state index contributed by atoms with van der Waals surface area (Å²) in [5.74, 6) is 4.80. The van der Waals surface area contributed by atoms with E-state index in [9.17, 15) is 27.1 Å². The van der Waals surface area contributed by atoms with Crippen LogP contribution in [0.4, 0.5) is 11.4 Å². The highest BCUT2D eigenvalue weighted by Crippen LogP contribution is 2.16. The summed E-state index contributed by atoms with van der Waals surface area (Å²) in [6, 6.07) is 9.84. The van der Waals surface area contributed by atoms with Crippen molar-refractivity contribution in [3.05, 3.63) is 77.2 Å². The first-order chi connectivity index (χ1) is 19.4. The van der Waals surface area contributed by atoms with E-state index in [4.69, 9.17) is 0 Å². The molecule has 0 saturated heterocycles. The van der Waals surface area contributed by atoms with Crippen LogP contribution in [0.3, 0.4) is 0 Å². The third kappa shape index (κ3) is 6.77. The highest BCUT2D eigenvalue weighted by atomic mass is 32.2. The second-order valence-corrected chi connectivity index (χ2v) is 11.4. The van der Waals surface area contributed by atoms with Crippen LogP contribution in [0.2, 0.25) is 0 Å². The summed E-state index contributed by atoms with van der Waals surface area (Å²) in [5.41, 5.74) is 0.948. The Morgan fingerprint density at radius 3 is 2.27 bits per heavy atom. The predicted molar refractivity (Wildman–Crippen MR) is 144 cm³/mol. The van der Waals surface area contributed by atoms with Gasteiger partial charge in [0.15, 0.2) is 0 Å². The molecular weight excluding hydrogens is 578 g/mol. The maximum absolute atomic E-state index is 13.2. The third-order valence-electron chi connectivity index (χ3n) is 5.45. The summed E-state index contributed by atoms with van der Waals surface area (Å²) in [6.07, 6.45) is 7.30. The number of nitrogens with zero attached hydrogens (tertiary/aromatic N) is 4. The first kappa shape index (κ1) is 29.4. The summed E-state index contributed by atoms with van der Waals surface area (Å²) < 4.78 is 57.0. The van der Waals surface area contributed by atoms with Crippen LogP contribution >= 0.6 is 0 Å². The molecule has 0 bridgehead atoms. The van der Waals surface area contributed by atoms with Crippen molar-refractivity contribution in [1.82, 2.24) is 0 Å². The summed E-state index contributed by atoms with van der Waals surface area (Å²) in [6.45, 7) is 1.31. The summed E-state index contributed by atoms with van der Waals surface area (Å²) in [5, 5.41) is 28.1. The molecule has 211 valence electrons. The molecule has 15 nitrogen and oxygen atoms in total. The molecule has 2 aliphatic rings. The molecule has 0 aromatic heterocycles. The number of anilines is 1. The average Bonchev–Trinajstić information content (AvgIpc) is 2.95. The Labute approximate surface area is 233 Å². The van der Waals surface area contributed by atoms with E-state index in [0.29, 0.717) is 17.1 Å². The van der Waals surface area contributed by atoms with Crippen LogP contribution in [-0.2, 0) is 38.1 Å². The first-order valence-electron chi connectivity index (χ1n) is 11.4. The smallest absolute Gasteiger partial charge is 0.365 e. The number of rotatable bonds is 6. The predicted octanol–water partition coefficient (Wildman–Crippen LogP) is -2.98. The van der Waals surface area contributed by atoms with E-state index >= 15 is 0 Å². The second-order valence-electron chi connectivity index (χ2n) is 8.22. The number of quaternary nitrogens is 2. The van der Waals surface area contributed by atoms with Crippen LogP contribution in [0, 0.1) is 0 Å². The molecule has 2 aromatic rings. The molecule has 1 amide bonds. The fourth-order valence-corrected chi connectivity index (χ4v) is 4.90. The number of carbonyl (C=O) groups is 1. The molecule has 2 aliphatic carbocycles. The normalized spacial score (nSPS) is 16.9. The lowest BCUT2D eigenvalue weighted by Gasteiger charge is -2.20. The highest BCUT2D eigenvalue weighted by molar-refractivity contribution is 7.94. The average molecular weight is 601 g/mol. The molecule has 17 heteroatoms. The van der Waals surface area contributed by atoms with Gasteiger partial charge in [0.05, 0.1) is 21.1 Å². The molecule has 7 N–H and O–H groups in total. The zero-order valence-electron chi connectivity index (χ0n) is 21.2. The third-order valence-corrected chi connectivity index (χ3v) is 7.77. The molecular formula is C24H22N7O8S2+2. The molecule has 0 saturated carbocycles. The molecule has 0 heterocycles. The molecule has 0 spiro atoms. The van der Waals surface area contributed by atoms with E-state index in [1.54, 1.807) is 12.2 Å². The Morgan fingerprint density at radius 2 is 1.66 bits per heavy atom. The molecule has 0 fully saturated rings. The Bertz CT molecular complexity index is 1960. The number of fused-ring (bicyclic) bond motifs is 1. The Hall–Kier alpha value is -4.58. The molecule has 1 radical (unpaired) electrons. The number of nitrogens with one attached hydrogen (secondary N) is 1. The van der Waals surface area contributed by atoms with Crippen molar-refractivity contribution in [2.45, 2.75) is 11.8 Å². The van der Waals surface area contributed by atoms with Crippen molar-refractivity contribution < 1.29 is 52.2 Å². The standard InChI is InChI=1S/C24H21N7O8S2/c1-14(32)27-19-8-11-21-15(12-19)13-22(41(36,37)39-26)23(24(21)33)31-30-17-4-2-16(3-5-17)28-29-18-6-9-20(10-7-18)40(34,35)38-25/h2-13H,1,25-26H3/q+1/p+1. The van der Waals surface area contributed by atoms with Gasteiger partial charge >= 0.3 is 15.8 Å². The number of amides is 1. The summed E-state index contributed by atoms with van der Waals surface area (Å²) in [7, 11) is -8.38. The van der Waals surface area contributed by atoms with E-state index in [-0.39, 0.29) is 27.0 Å². The molecule has 0 aliphatic heterocycles. The maximum atomic E-state index is 13.2. The monoisotopic (exact) mass is 600 g/mol. The van der Waals surface area contributed by atoms with Crippen molar-refractivity contribution >= 4 is 71.3 Å². The van der Waals surface area contributed by atoms with Crippen LogP contribution in [0.5, 0.6) is 0 Å². The molecule has 1 unspecified atom stereocenters. The fraction of sp³-hybridized carbons (Fsp3) is 0.0417. The van der Waals surface area contributed by atoms with Gasteiger partial charge in [-0.3, -0.25) is 4.79 Å². The summed E-state index contributed by atoms with van der Waals surface area (Å²) in [4.78, 5) is 14.8. The van der Waals surface area contributed by atoms with E-state index in [1.807, 2.05) is 0 Å². The number of hydrogen-bond donors (Lipinski definition) is 3. The largest absolute Gasteiger partial charge is 0.871 e. The number of benzene rings is 2. The van der Waals surface area contributed by atoms with E-state index in [0.717, 1.165) is 0 Å². The van der Waals surface area contributed by atoms with Gasteiger partial charge < -0.3 is 10.4 Å². The number of allylic oxidation sites excluding steroid dienone is 4. The van der Waals surface area contributed by atoms with Crippen molar-refractivity contribution in [3.63, 3.8) is 0 Å². The fourth-order valence-electron chi connectivity index (χ4n) is 3.52. The van der Waals surface area contributed by atoms with Gasteiger partial charge in [-0.1, -0.05) is 24.9 Å². The van der Waals surface area contributed by atoms with Gasteiger partial charge in [-0.15, -0.1) is 5.10 Å². The number of carbonyl (C=O) groups excluding carboxylic acids is 1. The minimum Gasteiger partial charge on any atom is -0.871 e. The quantitative estimate of drug-likeness (QED) is 0.102. The minimum atomic E-state index is -4.46. The summed E-state index contributed by atoms with van der Waals surface area (Å²) >= 11 is 0. The topological polar surface area (TPSA) is 248 Å². The first-order valence-corrected chi connectivity index (χ1v) is 14.2. The Morgan fingerprint density at radius 1 is 0.976 bits per heavy atom. The van der Waals surface area contributed by atoms with Crippen LogP contribution in [-0.4, -0.2) is 45.3 Å². The Kier molecular flexibility index (Phi) is 8.52. The van der Waals surface area contributed by atoms with Crippen LogP contribution in [0.25, 0.3) is 11.8 Å². The van der Waals surface area contributed by atoms with Gasteiger partial charge in [-0.25, -0.2) is 4.21 Å². The van der Waals surface area contributed by atoms with Gasteiger partial charge in [0.1, 0.15) is 15.7 Å². The van der Waals surface area contributed by atoms with Gasteiger partial charge in [0.2, 0.25) is 5.91 Å². The zero-order chi connectivity index (χ0) is 29.8. The molecule has 2 aromatic carbocycles. The lowest BCUT2D eigenvalue weighted by Crippen LogP contribution is -2.53. The van der Waals surface area contributed by atoms with Gasteiger partial charge in [-0.05, 0) is 65.1 Å². The SMILES string of the molecule is CC(=O)Nc1ccc2c(c1)=CC(=S([O])(=O)O[NH3+])C(=NN=C1C=CC(=[N+]=Nc3ccc(S(=O)(=O)O[NH3+])cc3)C=C1)C=2[O-]. The highest BCUT2D eigenvalue weighted by Gasteiger charge is 2.23. The van der Waals surface area contributed by atoms with Crippen molar-refractivity contribution in [2.24, 2.45) is 15.3 Å². The van der Waals surface area contributed by atoms with Gasteiger partial charge in [0, 0.05) is 24.8 Å². The minimum absolute atomic E-state index is 0.0822. The molecule has 4 rings (SSSR count). The van der Waals surface area contributed by atoms with Gasteiger partial charge in [0.25, 0.3) is 10.1 Å². The molecule has 1 atom stereocenters. The zero-order valence-corrected chi connectivity index (χ0v) is 22.8. The van der Waals surface area contributed by atoms with Crippen molar-refractivity contribution in [3.8, 4) is 0 Å². The van der Waals surface area contributed by atoms with E-state index < -0.39 is 36.5 Å². The van der Waals surface area contributed by atoms with Crippen molar-refractivity contribution in [2.75, 3.05) is 5.32 Å². The lowest BCUT2D eigenvalue weighted by atomic mass is 10.0. The van der Waals surface area contributed by atoms with Crippen LogP contribution in [0.15, 0.2) is 87.0 Å². The van der Waals surface area contributed by atoms with Gasteiger partial charge in [-0.2, -0.15) is 25.3 Å². The Balaban J connectivity index is 1.65. The van der Waals surface area contributed by atoms with Crippen LogP contribution < -0.4 is 32.7 Å². The van der Waals surface area contributed by atoms with E-state index in [1.165, 1.54) is 67.6 Å². The second kappa shape index (κ2) is 11.9. The maximum Gasteiger partial charge on any atom is 0.365 e. The van der Waals surface area contributed by atoms with E-state index in [2.05, 4.69) is 45.8 Å². The molecule has 41 heavy (non-hydrogen) atoms. The number of hydrogen-bond acceptors (Lipinski definition) is 10. The van der Waals surface area contributed by atoms with Crippen LogP contribution in [0.1, 0.15) is 6.92 Å². The van der Waals surface area contributed by atoms with Crippen molar-refractivity contribution in [1.29, 1.82) is 0 Å².